The Labute approximate surface area is 254 Å². The minimum Gasteiger partial charge on any atom is -0.497 e. The molecule has 10 heteroatoms. The first kappa shape index (κ1) is 33.5. The quantitative estimate of drug-likeness (QED) is 0.113. The van der Waals surface area contributed by atoms with E-state index in [2.05, 4.69) is 33.9 Å². The Morgan fingerprint density at radius 2 is 1.53 bits per heavy atom. The molecule has 0 fully saturated rings. The highest BCUT2D eigenvalue weighted by Gasteiger charge is 2.43. The molecule has 9 nitrogen and oxygen atoms in total. The van der Waals surface area contributed by atoms with Crippen LogP contribution in [0.1, 0.15) is 56.4 Å². The van der Waals surface area contributed by atoms with Crippen molar-refractivity contribution in [1.82, 2.24) is 4.90 Å². The second kappa shape index (κ2) is 14.4. The zero-order chi connectivity index (χ0) is 31.8. The summed E-state index contributed by atoms with van der Waals surface area (Å²) in [4.78, 5) is 38.0. The molecule has 0 aliphatic carbocycles. The van der Waals surface area contributed by atoms with Gasteiger partial charge in [0.1, 0.15) is 11.5 Å². The van der Waals surface area contributed by atoms with Gasteiger partial charge in [-0.2, -0.15) is 0 Å². The number of carboxylic acid groups (broad SMARTS) is 1. The van der Waals surface area contributed by atoms with Gasteiger partial charge in [0.05, 0.1) is 24.2 Å². The van der Waals surface area contributed by atoms with E-state index in [4.69, 9.17) is 9.16 Å². The number of methoxy groups -OCH3 is 1. The number of rotatable bonds is 14. The van der Waals surface area contributed by atoms with E-state index in [1.54, 1.807) is 31.4 Å². The predicted octanol–water partition coefficient (Wildman–Crippen LogP) is 7.81. The van der Waals surface area contributed by atoms with E-state index in [0.717, 1.165) is 11.1 Å². The average Bonchev–Trinajstić information content (AvgIpc) is 2.96. The molecule has 0 saturated carbocycles. The Kier molecular flexibility index (Phi) is 11.2. The maximum absolute atomic E-state index is 13.2. The summed E-state index contributed by atoms with van der Waals surface area (Å²) in [6.45, 7) is 10.8. The minimum absolute atomic E-state index is 0.0413. The Hall–Kier alpha value is -4.02. The summed E-state index contributed by atoms with van der Waals surface area (Å²) in [6, 6.07) is 22.1. The topological polar surface area (TPSA) is 119 Å². The number of hydrogen-bond donors (Lipinski definition) is 1. The monoisotopic (exact) mass is 606 g/mol. The minimum atomic E-state index is -2.41. The molecule has 0 heterocycles. The van der Waals surface area contributed by atoms with Gasteiger partial charge in [0.15, 0.2) is 8.32 Å². The second-order valence-electron chi connectivity index (χ2n) is 12.2. The second-order valence-corrected chi connectivity index (χ2v) is 17.0. The van der Waals surface area contributed by atoms with Crippen LogP contribution in [0.5, 0.6) is 5.75 Å². The lowest BCUT2D eigenvalue weighted by atomic mass is 9.94. The number of nitro groups is 1. The molecule has 3 rings (SSSR count). The van der Waals surface area contributed by atoms with Crippen molar-refractivity contribution in [3.05, 3.63) is 106 Å². The standard InChI is InChI=1S/C33H42N2O7Si/c1-33(2,3)43(5,6)42-31(26-10-8-7-9-11-26)30(34(32(37)38)23-25-14-19-29(41-4)20-15-25)21-18-28(36)22-24-12-16-27(17-13-24)35(39)40/h7-17,19-20,30-31H,18,21-23H2,1-6H3,(H,37,38)/t30-,31-/m1/s1. The molecule has 230 valence electrons. The number of amides is 1. The largest absolute Gasteiger partial charge is 0.497 e. The predicted molar refractivity (Wildman–Crippen MR) is 169 cm³/mol. The van der Waals surface area contributed by atoms with Crippen LogP contribution in [0.4, 0.5) is 10.5 Å². The van der Waals surface area contributed by atoms with Gasteiger partial charge < -0.3 is 14.3 Å². The van der Waals surface area contributed by atoms with Crippen molar-refractivity contribution in [2.24, 2.45) is 0 Å². The smallest absolute Gasteiger partial charge is 0.407 e. The van der Waals surface area contributed by atoms with Crippen LogP contribution in [-0.4, -0.2) is 48.3 Å². The molecule has 1 N–H and O–H groups in total. The summed E-state index contributed by atoms with van der Waals surface area (Å²) in [5.41, 5.74) is 2.25. The van der Waals surface area contributed by atoms with Gasteiger partial charge in [-0.25, -0.2) is 4.79 Å². The fraction of sp³-hybridized carbons (Fsp3) is 0.394. The van der Waals surface area contributed by atoms with Crippen molar-refractivity contribution in [2.45, 2.75) is 76.9 Å². The van der Waals surface area contributed by atoms with Gasteiger partial charge in [-0.05, 0) is 53.4 Å². The number of nitrogens with zero attached hydrogens (tertiary/aromatic N) is 2. The molecule has 0 aromatic heterocycles. The summed E-state index contributed by atoms with van der Waals surface area (Å²) in [5.74, 6) is 0.579. The lowest BCUT2D eigenvalue weighted by Crippen LogP contribution is -2.49. The van der Waals surface area contributed by atoms with Crippen LogP contribution < -0.4 is 4.74 Å². The van der Waals surface area contributed by atoms with Crippen LogP contribution in [0.15, 0.2) is 78.9 Å². The number of ketones is 1. The van der Waals surface area contributed by atoms with Crippen LogP contribution in [-0.2, 0) is 22.2 Å². The number of benzene rings is 3. The van der Waals surface area contributed by atoms with E-state index < -0.39 is 31.5 Å². The van der Waals surface area contributed by atoms with Gasteiger partial charge >= 0.3 is 6.09 Å². The van der Waals surface area contributed by atoms with Crippen molar-refractivity contribution in [3.8, 4) is 5.75 Å². The van der Waals surface area contributed by atoms with Crippen molar-refractivity contribution in [1.29, 1.82) is 0 Å². The lowest BCUT2D eigenvalue weighted by Gasteiger charge is -2.44. The van der Waals surface area contributed by atoms with Crippen molar-refractivity contribution in [2.75, 3.05) is 7.11 Å². The molecule has 0 unspecified atom stereocenters. The first-order chi connectivity index (χ1) is 20.2. The molecule has 1 amide bonds. The zero-order valence-electron chi connectivity index (χ0n) is 25.8. The number of carbonyl (C=O) groups excluding carboxylic acids is 1. The van der Waals surface area contributed by atoms with E-state index >= 15 is 0 Å². The molecule has 3 aromatic carbocycles. The Bertz CT molecular complexity index is 1370. The Morgan fingerprint density at radius 1 is 0.953 bits per heavy atom. The van der Waals surface area contributed by atoms with E-state index in [9.17, 15) is 24.8 Å². The number of nitro benzene ring substituents is 1. The summed E-state index contributed by atoms with van der Waals surface area (Å²) in [6.07, 6.45) is -1.28. The molecule has 0 aliphatic rings. The molecule has 3 aromatic rings. The maximum Gasteiger partial charge on any atom is 0.407 e. The van der Waals surface area contributed by atoms with Gasteiger partial charge in [-0.1, -0.05) is 75.4 Å². The van der Waals surface area contributed by atoms with Crippen LogP contribution >= 0.6 is 0 Å². The number of ether oxygens (including phenoxy) is 1. The van der Waals surface area contributed by atoms with Crippen LogP contribution in [0.3, 0.4) is 0 Å². The molecule has 43 heavy (non-hydrogen) atoms. The van der Waals surface area contributed by atoms with E-state index in [1.165, 1.54) is 17.0 Å². The average molecular weight is 607 g/mol. The highest BCUT2D eigenvalue weighted by atomic mass is 28.4. The highest BCUT2D eigenvalue weighted by Crippen LogP contribution is 2.42. The van der Waals surface area contributed by atoms with Crippen LogP contribution in [0.2, 0.25) is 18.1 Å². The van der Waals surface area contributed by atoms with Gasteiger partial charge in [0, 0.05) is 31.5 Å². The zero-order valence-corrected chi connectivity index (χ0v) is 26.8. The summed E-state index contributed by atoms with van der Waals surface area (Å²) in [5, 5.41) is 21.4. The van der Waals surface area contributed by atoms with Gasteiger partial charge in [0.2, 0.25) is 0 Å². The summed E-state index contributed by atoms with van der Waals surface area (Å²) < 4.78 is 12.2. The third-order valence-electron chi connectivity index (χ3n) is 8.13. The van der Waals surface area contributed by atoms with E-state index in [0.29, 0.717) is 11.3 Å². The molecule has 0 spiro atoms. The fourth-order valence-electron chi connectivity index (χ4n) is 4.59. The number of Topliss-reactive ketones (excluding diaryl/α,β-unsaturated/α-hetero) is 1. The van der Waals surface area contributed by atoms with Gasteiger partial charge in [-0.3, -0.25) is 19.8 Å². The molecular weight excluding hydrogens is 564 g/mol. The first-order valence-electron chi connectivity index (χ1n) is 14.3. The van der Waals surface area contributed by atoms with Crippen LogP contribution in [0.25, 0.3) is 0 Å². The van der Waals surface area contributed by atoms with E-state index in [1.807, 2.05) is 42.5 Å². The normalized spacial score (nSPS) is 13.2. The highest BCUT2D eigenvalue weighted by molar-refractivity contribution is 6.74. The molecule has 0 radical (unpaired) electrons. The third kappa shape index (κ3) is 9.23. The van der Waals surface area contributed by atoms with Crippen LogP contribution in [0, 0.1) is 10.1 Å². The molecule has 2 atom stereocenters. The summed E-state index contributed by atoms with van der Waals surface area (Å²) >= 11 is 0. The van der Waals surface area contributed by atoms with Crippen molar-refractivity contribution < 1.29 is 28.8 Å². The van der Waals surface area contributed by atoms with E-state index in [-0.39, 0.29) is 42.3 Å². The first-order valence-corrected chi connectivity index (χ1v) is 17.2. The molecule has 0 bridgehead atoms. The fourth-order valence-corrected chi connectivity index (χ4v) is 5.87. The molecule has 0 saturated heterocycles. The van der Waals surface area contributed by atoms with Gasteiger partial charge in [-0.15, -0.1) is 0 Å². The SMILES string of the molecule is COc1ccc(CN(C(=O)O)[C@H](CCC(=O)Cc2ccc([N+](=O)[O-])cc2)[C@H](O[Si](C)(C)C(C)(C)C)c2ccccc2)cc1. The molecule has 0 aliphatic heterocycles. The number of non-ortho nitro benzene ring substituents is 1. The maximum atomic E-state index is 13.2. The summed E-state index contributed by atoms with van der Waals surface area (Å²) in [7, 11) is -0.832. The molecular formula is C33H42N2O7Si. The third-order valence-corrected chi connectivity index (χ3v) is 12.6. The number of hydrogen-bond acceptors (Lipinski definition) is 6. The Morgan fingerprint density at radius 3 is 2.05 bits per heavy atom. The Balaban J connectivity index is 1.98. The lowest BCUT2D eigenvalue weighted by molar-refractivity contribution is -0.384. The van der Waals surface area contributed by atoms with Gasteiger partial charge in [0.25, 0.3) is 5.69 Å². The van der Waals surface area contributed by atoms with Crippen molar-refractivity contribution >= 4 is 25.9 Å². The van der Waals surface area contributed by atoms with Crippen molar-refractivity contribution in [3.63, 3.8) is 0 Å². The number of carbonyl (C=O) groups is 2.